The Bertz CT molecular complexity index is 333. The Labute approximate surface area is 89.5 Å². The Hall–Kier alpha value is -1.64. The van der Waals surface area contributed by atoms with Crippen LogP contribution in [-0.2, 0) is 4.79 Å². The van der Waals surface area contributed by atoms with E-state index in [1.165, 1.54) is 0 Å². The van der Waals surface area contributed by atoms with Gasteiger partial charge >= 0.3 is 0 Å². The third-order valence-corrected chi connectivity index (χ3v) is 2.02. The standard InChI is InChI=1S/C12H15NO2/c1-2-6-12(15)13-9-11(14)10-7-4-3-5-8-10/h3-5,7-8H,2,6,9H2,1H3,(H,13,15). The van der Waals surface area contributed by atoms with E-state index in [0.29, 0.717) is 12.0 Å². The maximum atomic E-state index is 11.5. The summed E-state index contributed by atoms with van der Waals surface area (Å²) in [4.78, 5) is 22.7. The van der Waals surface area contributed by atoms with Crippen molar-refractivity contribution in [1.29, 1.82) is 0 Å². The Balaban J connectivity index is 2.40. The number of ketones is 1. The molecule has 1 amide bonds. The Morgan fingerprint density at radius 3 is 2.47 bits per heavy atom. The lowest BCUT2D eigenvalue weighted by atomic mass is 10.1. The molecule has 0 radical (unpaired) electrons. The molecule has 0 aliphatic carbocycles. The van der Waals surface area contributed by atoms with Crippen molar-refractivity contribution in [1.82, 2.24) is 5.32 Å². The molecule has 0 unspecified atom stereocenters. The van der Waals surface area contributed by atoms with Crippen LogP contribution in [0.2, 0.25) is 0 Å². The smallest absolute Gasteiger partial charge is 0.220 e. The number of amides is 1. The van der Waals surface area contributed by atoms with Crippen LogP contribution in [0.3, 0.4) is 0 Å². The van der Waals surface area contributed by atoms with E-state index in [-0.39, 0.29) is 18.2 Å². The molecule has 3 heteroatoms. The summed E-state index contributed by atoms with van der Waals surface area (Å²) in [5, 5.41) is 2.59. The normalized spacial score (nSPS) is 9.67. The first-order chi connectivity index (χ1) is 7.24. The summed E-state index contributed by atoms with van der Waals surface area (Å²) < 4.78 is 0. The number of rotatable bonds is 5. The van der Waals surface area contributed by atoms with Gasteiger partial charge in [-0.1, -0.05) is 37.3 Å². The van der Waals surface area contributed by atoms with E-state index in [4.69, 9.17) is 0 Å². The number of hydrogen-bond donors (Lipinski definition) is 1. The molecule has 80 valence electrons. The van der Waals surface area contributed by atoms with Crippen LogP contribution in [0.5, 0.6) is 0 Å². The zero-order chi connectivity index (χ0) is 11.1. The highest BCUT2D eigenvalue weighted by Crippen LogP contribution is 1.98. The number of carbonyl (C=O) groups excluding carboxylic acids is 2. The summed E-state index contributed by atoms with van der Waals surface area (Å²) >= 11 is 0. The van der Waals surface area contributed by atoms with Crippen LogP contribution in [0.15, 0.2) is 30.3 Å². The minimum Gasteiger partial charge on any atom is -0.349 e. The summed E-state index contributed by atoms with van der Waals surface area (Å²) in [6.45, 7) is 2.02. The molecular weight excluding hydrogens is 190 g/mol. The molecule has 0 aliphatic rings. The topological polar surface area (TPSA) is 46.2 Å². The average molecular weight is 205 g/mol. The predicted octanol–water partition coefficient (Wildman–Crippen LogP) is 1.79. The second-order valence-corrected chi connectivity index (χ2v) is 3.32. The van der Waals surface area contributed by atoms with Gasteiger partial charge in [-0.3, -0.25) is 9.59 Å². The van der Waals surface area contributed by atoms with E-state index in [0.717, 1.165) is 6.42 Å². The summed E-state index contributed by atoms with van der Waals surface area (Å²) in [6, 6.07) is 8.96. The van der Waals surface area contributed by atoms with Gasteiger partial charge in [0, 0.05) is 12.0 Å². The van der Waals surface area contributed by atoms with Crippen molar-refractivity contribution in [3.63, 3.8) is 0 Å². The molecule has 0 heterocycles. The second-order valence-electron chi connectivity index (χ2n) is 3.32. The SMILES string of the molecule is CCCC(=O)NCC(=O)c1ccccc1. The van der Waals surface area contributed by atoms with Gasteiger partial charge in [0.15, 0.2) is 5.78 Å². The van der Waals surface area contributed by atoms with Crippen molar-refractivity contribution in [3.05, 3.63) is 35.9 Å². The van der Waals surface area contributed by atoms with E-state index in [9.17, 15) is 9.59 Å². The Kier molecular flexibility index (Phi) is 4.54. The summed E-state index contributed by atoms with van der Waals surface area (Å²) in [7, 11) is 0. The fourth-order valence-electron chi connectivity index (χ4n) is 1.22. The van der Waals surface area contributed by atoms with Gasteiger partial charge in [0.05, 0.1) is 6.54 Å². The lowest BCUT2D eigenvalue weighted by Gasteiger charge is -2.03. The Morgan fingerprint density at radius 1 is 1.20 bits per heavy atom. The van der Waals surface area contributed by atoms with Gasteiger partial charge in [-0.25, -0.2) is 0 Å². The van der Waals surface area contributed by atoms with Crippen molar-refractivity contribution in [2.24, 2.45) is 0 Å². The molecule has 0 saturated carbocycles. The van der Waals surface area contributed by atoms with Gasteiger partial charge in [-0.2, -0.15) is 0 Å². The molecular formula is C12H15NO2. The Morgan fingerprint density at radius 2 is 1.87 bits per heavy atom. The maximum Gasteiger partial charge on any atom is 0.220 e. The molecule has 15 heavy (non-hydrogen) atoms. The molecule has 1 rings (SSSR count). The summed E-state index contributed by atoms with van der Waals surface area (Å²) in [5.41, 5.74) is 0.634. The molecule has 0 bridgehead atoms. The first kappa shape index (κ1) is 11.4. The maximum absolute atomic E-state index is 11.5. The van der Waals surface area contributed by atoms with E-state index < -0.39 is 0 Å². The van der Waals surface area contributed by atoms with Crippen LogP contribution in [-0.4, -0.2) is 18.2 Å². The first-order valence-electron chi connectivity index (χ1n) is 5.09. The highest BCUT2D eigenvalue weighted by molar-refractivity contribution is 5.99. The number of Topliss-reactive ketones (excluding diaryl/α,β-unsaturated/α-hetero) is 1. The largest absolute Gasteiger partial charge is 0.349 e. The third-order valence-electron chi connectivity index (χ3n) is 2.02. The fraction of sp³-hybridized carbons (Fsp3) is 0.333. The predicted molar refractivity (Wildman–Crippen MR) is 58.7 cm³/mol. The monoisotopic (exact) mass is 205 g/mol. The molecule has 1 aromatic carbocycles. The van der Waals surface area contributed by atoms with Crippen molar-refractivity contribution in [2.75, 3.05) is 6.54 Å². The molecule has 0 atom stereocenters. The fourth-order valence-corrected chi connectivity index (χ4v) is 1.22. The third kappa shape index (κ3) is 3.94. The molecule has 1 aromatic rings. The summed E-state index contributed by atoms with van der Waals surface area (Å²) in [6.07, 6.45) is 1.27. The molecule has 0 fully saturated rings. The van der Waals surface area contributed by atoms with E-state index >= 15 is 0 Å². The molecule has 1 N–H and O–H groups in total. The highest BCUT2D eigenvalue weighted by Gasteiger charge is 2.06. The van der Waals surface area contributed by atoms with Gasteiger partial charge in [-0.15, -0.1) is 0 Å². The van der Waals surface area contributed by atoms with Crippen LogP contribution in [0.1, 0.15) is 30.1 Å². The van der Waals surface area contributed by atoms with Crippen LogP contribution >= 0.6 is 0 Å². The zero-order valence-electron chi connectivity index (χ0n) is 8.82. The van der Waals surface area contributed by atoms with Crippen LogP contribution in [0.4, 0.5) is 0 Å². The van der Waals surface area contributed by atoms with Crippen LogP contribution in [0, 0.1) is 0 Å². The molecule has 0 spiro atoms. The average Bonchev–Trinajstić information content (AvgIpc) is 2.27. The van der Waals surface area contributed by atoms with Crippen LogP contribution in [0.25, 0.3) is 0 Å². The minimum atomic E-state index is -0.0678. The van der Waals surface area contributed by atoms with Crippen molar-refractivity contribution in [3.8, 4) is 0 Å². The van der Waals surface area contributed by atoms with Gasteiger partial charge < -0.3 is 5.32 Å². The van der Waals surface area contributed by atoms with Gasteiger partial charge in [0.1, 0.15) is 0 Å². The molecule has 0 aromatic heterocycles. The zero-order valence-corrected chi connectivity index (χ0v) is 8.82. The first-order valence-corrected chi connectivity index (χ1v) is 5.09. The van der Waals surface area contributed by atoms with E-state index in [1.807, 2.05) is 13.0 Å². The van der Waals surface area contributed by atoms with Gasteiger partial charge in [0.25, 0.3) is 0 Å². The number of carbonyl (C=O) groups is 2. The second kappa shape index (κ2) is 5.96. The van der Waals surface area contributed by atoms with Crippen molar-refractivity contribution < 1.29 is 9.59 Å². The quantitative estimate of drug-likeness (QED) is 0.745. The summed E-state index contributed by atoms with van der Waals surface area (Å²) in [5.74, 6) is -0.123. The van der Waals surface area contributed by atoms with E-state index in [1.54, 1.807) is 24.3 Å². The van der Waals surface area contributed by atoms with Gasteiger partial charge in [-0.05, 0) is 6.42 Å². The van der Waals surface area contributed by atoms with E-state index in [2.05, 4.69) is 5.32 Å². The van der Waals surface area contributed by atoms with Crippen LogP contribution < -0.4 is 5.32 Å². The lowest BCUT2D eigenvalue weighted by Crippen LogP contribution is -2.29. The molecule has 0 saturated heterocycles. The molecule has 3 nitrogen and oxygen atoms in total. The van der Waals surface area contributed by atoms with Gasteiger partial charge in [0.2, 0.25) is 5.91 Å². The number of hydrogen-bond acceptors (Lipinski definition) is 2. The lowest BCUT2D eigenvalue weighted by molar-refractivity contribution is -0.120. The number of nitrogens with one attached hydrogen (secondary N) is 1. The highest BCUT2D eigenvalue weighted by atomic mass is 16.2. The molecule has 0 aliphatic heterocycles. The number of benzene rings is 1. The van der Waals surface area contributed by atoms with Crippen molar-refractivity contribution in [2.45, 2.75) is 19.8 Å². The van der Waals surface area contributed by atoms with Crippen molar-refractivity contribution >= 4 is 11.7 Å². The minimum absolute atomic E-state index is 0.0555.